The maximum Gasteiger partial charge on any atom is 0.274 e. The molecular weight excluding hydrogens is 244 g/mol. The van der Waals surface area contributed by atoms with E-state index in [0.29, 0.717) is 29.5 Å². The lowest BCUT2D eigenvalue weighted by molar-refractivity contribution is 0.0385. The topological polar surface area (TPSA) is 73.4 Å². The highest BCUT2D eigenvalue weighted by molar-refractivity contribution is 5.97. The van der Waals surface area contributed by atoms with Crippen LogP contribution in [0.2, 0.25) is 0 Å². The fraction of sp³-hybridized carbons (Fsp3) is 0.692. The van der Waals surface area contributed by atoms with Crippen molar-refractivity contribution >= 4 is 11.6 Å². The standard InChI is InChI=1S/C13H22N4O2/c1-9-11(14)12(17(3)15-9)13(18)16(2)7-10-5-4-6-19-8-10/h10H,4-8,14H2,1-3H3. The summed E-state index contributed by atoms with van der Waals surface area (Å²) in [6.45, 7) is 4.07. The Morgan fingerprint density at radius 3 is 2.89 bits per heavy atom. The largest absolute Gasteiger partial charge is 0.395 e. The van der Waals surface area contributed by atoms with Gasteiger partial charge < -0.3 is 15.4 Å². The molecule has 1 atom stereocenters. The minimum absolute atomic E-state index is 0.0776. The van der Waals surface area contributed by atoms with Gasteiger partial charge in [0.15, 0.2) is 0 Å². The van der Waals surface area contributed by atoms with Crippen LogP contribution in [0.4, 0.5) is 5.69 Å². The van der Waals surface area contributed by atoms with Gasteiger partial charge in [0.05, 0.1) is 18.0 Å². The summed E-state index contributed by atoms with van der Waals surface area (Å²) in [5, 5.41) is 4.18. The summed E-state index contributed by atoms with van der Waals surface area (Å²) in [4.78, 5) is 14.1. The van der Waals surface area contributed by atoms with E-state index in [1.54, 1.807) is 30.6 Å². The Balaban J connectivity index is 2.05. The summed E-state index contributed by atoms with van der Waals surface area (Å²) < 4.78 is 7.00. The van der Waals surface area contributed by atoms with Crippen LogP contribution in [0.5, 0.6) is 0 Å². The minimum Gasteiger partial charge on any atom is -0.395 e. The Morgan fingerprint density at radius 1 is 1.63 bits per heavy atom. The lowest BCUT2D eigenvalue weighted by Crippen LogP contribution is -2.36. The molecule has 0 radical (unpaired) electrons. The zero-order valence-corrected chi connectivity index (χ0v) is 11.8. The molecule has 6 nitrogen and oxygen atoms in total. The Morgan fingerprint density at radius 2 is 2.37 bits per heavy atom. The second kappa shape index (κ2) is 5.61. The molecule has 1 unspecified atom stereocenters. The summed E-state index contributed by atoms with van der Waals surface area (Å²) in [7, 11) is 3.55. The third-order valence-electron chi connectivity index (χ3n) is 3.60. The molecule has 2 rings (SSSR count). The van der Waals surface area contributed by atoms with Crippen molar-refractivity contribution in [2.24, 2.45) is 13.0 Å². The fourth-order valence-electron chi connectivity index (χ4n) is 2.53. The van der Waals surface area contributed by atoms with Crippen LogP contribution in [0.3, 0.4) is 0 Å². The van der Waals surface area contributed by atoms with E-state index in [1.165, 1.54) is 0 Å². The van der Waals surface area contributed by atoms with Crippen molar-refractivity contribution in [3.05, 3.63) is 11.4 Å². The molecule has 1 aliphatic heterocycles. The lowest BCUT2D eigenvalue weighted by Gasteiger charge is -2.27. The van der Waals surface area contributed by atoms with Crippen molar-refractivity contribution in [3.8, 4) is 0 Å². The molecular formula is C13H22N4O2. The first kappa shape index (κ1) is 13.9. The molecule has 1 aliphatic rings. The lowest BCUT2D eigenvalue weighted by atomic mass is 10.0. The molecule has 19 heavy (non-hydrogen) atoms. The van der Waals surface area contributed by atoms with E-state index in [4.69, 9.17) is 10.5 Å². The van der Waals surface area contributed by atoms with Gasteiger partial charge in [-0.1, -0.05) is 0 Å². The van der Waals surface area contributed by atoms with Crippen molar-refractivity contribution in [3.63, 3.8) is 0 Å². The van der Waals surface area contributed by atoms with Gasteiger partial charge >= 0.3 is 0 Å². The highest BCUT2D eigenvalue weighted by atomic mass is 16.5. The molecule has 1 aromatic heterocycles. The average molecular weight is 266 g/mol. The van der Waals surface area contributed by atoms with Crippen molar-refractivity contribution in [2.45, 2.75) is 19.8 Å². The second-order valence-electron chi connectivity index (χ2n) is 5.24. The monoisotopic (exact) mass is 266 g/mol. The number of ether oxygens (including phenoxy) is 1. The van der Waals surface area contributed by atoms with Crippen molar-refractivity contribution in [1.29, 1.82) is 0 Å². The maximum atomic E-state index is 12.4. The summed E-state index contributed by atoms with van der Waals surface area (Å²) >= 11 is 0. The van der Waals surface area contributed by atoms with Crippen LogP contribution in [-0.4, -0.2) is 47.4 Å². The number of anilines is 1. The number of aryl methyl sites for hydroxylation is 2. The van der Waals surface area contributed by atoms with Crippen LogP contribution >= 0.6 is 0 Å². The molecule has 0 spiro atoms. The zero-order valence-electron chi connectivity index (χ0n) is 11.8. The first-order valence-corrected chi connectivity index (χ1v) is 6.63. The predicted molar refractivity (Wildman–Crippen MR) is 72.9 cm³/mol. The molecule has 106 valence electrons. The number of nitrogen functional groups attached to an aromatic ring is 1. The van der Waals surface area contributed by atoms with Gasteiger partial charge in [0.2, 0.25) is 0 Å². The van der Waals surface area contributed by atoms with Crippen LogP contribution < -0.4 is 5.73 Å². The molecule has 0 aliphatic carbocycles. The van der Waals surface area contributed by atoms with E-state index in [-0.39, 0.29) is 5.91 Å². The van der Waals surface area contributed by atoms with Gasteiger partial charge in [-0.25, -0.2) is 0 Å². The number of nitrogens with zero attached hydrogens (tertiary/aromatic N) is 3. The smallest absolute Gasteiger partial charge is 0.274 e. The molecule has 0 bridgehead atoms. The van der Waals surface area contributed by atoms with Gasteiger partial charge in [0.25, 0.3) is 5.91 Å². The zero-order chi connectivity index (χ0) is 14.0. The summed E-state index contributed by atoms with van der Waals surface area (Å²) in [5.74, 6) is 0.337. The van der Waals surface area contributed by atoms with Crippen molar-refractivity contribution < 1.29 is 9.53 Å². The predicted octanol–water partition coefficient (Wildman–Crippen LogP) is 0.809. The summed E-state index contributed by atoms with van der Waals surface area (Å²) in [6, 6.07) is 0. The van der Waals surface area contributed by atoms with Crippen LogP contribution in [-0.2, 0) is 11.8 Å². The van der Waals surface area contributed by atoms with E-state index >= 15 is 0 Å². The summed E-state index contributed by atoms with van der Waals surface area (Å²) in [6.07, 6.45) is 2.18. The van der Waals surface area contributed by atoms with E-state index < -0.39 is 0 Å². The van der Waals surface area contributed by atoms with E-state index in [2.05, 4.69) is 5.10 Å². The molecule has 0 saturated carbocycles. The van der Waals surface area contributed by atoms with E-state index in [1.807, 2.05) is 0 Å². The minimum atomic E-state index is -0.0776. The molecule has 1 aromatic rings. The number of hydrogen-bond acceptors (Lipinski definition) is 4. The number of aromatic nitrogens is 2. The average Bonchev–Trinajstić information content (AvgIpc) is 2.63. The first-order valence-electron chi connectivity index (χ1n) is 6.63. The van der Waals surface area contributed by atoms with Crippen molar-refractivity contribution in [2.75, 3.05) is 32.5 Å². The molecule has 1 saturated heterocycles. The number of carbonyl (C=O) groups excluding carboxylic acids is 1. The number of carbonyl (C=O) groups is 1. The molecule has 0 aromatic carbocycles. The quantitative estimate of drug-likeness (QED) is 0.878. The third kappa shape index (κ3) is 2.89. The molecule has 1 fully saturated rings. The highest BCUT2D eigenvalue weighted by Crippen LogP contribution is 2.19. The Bertz CT molecular complexity index is 463. The fourth-order valence-corrected chi connectivity index (χ4v) is 2.53. The first-order chi connectivity index (χ1) is 9.00. The SMILES string of the molecule is Cc1nn(C)c(C(=O)N(C)CC2CCCOC2)c1N. The number of hydrogen-bond donors (Lipinski definition) is 1. The number of amides is 1. The van der Waals surface area contributed by atoms with Gasteiger partial charge in [-0.3, -0.25) is 9.48 Å². The number of rotatable bonds is 3. The molecule has 2 N–H and O–H groups in total. The molecule has 6 heteroatoms. The van der Waals surface area contributed by atoms with Crippen molar-refractivity contribution in [1.82, 2.24) is 14.7 Å². The molecule has 2 heterocycles. The van der Waals surface area contributed by atoms with Crippen LogP contribution in [0.25, 0.3) is 0 Å². The van der Waals surface area contributed by atoms with Gasteiger partial charge in [-0.05, 0) is 25.7 Å². The van der Waals surface area contributed by atoms with E-state index in [9.17, 15) is 4.79 Å². The summed E-state index contributed by atoms with van der Waals surface area (Å²) in [5.41, 5.74) is 7.56. The highest BCUT2D eigenvalue weighted by Gasteiger charge is 2.24. The van der Waals surface area contributed by atoms with Gasteiger partial charge in [-0.15, -0.1) is 0 Å². The van der Waals surface area contributed by atoms with Gasteiger partial charge in [0, 0.05) is 27.2 Å². The van der Waals surface area contributed by atoms with Crippen LogP contribution in [0.15, 0.2) is 0 Å². The number of nitrogens with two attached hydrogens (primary N) is 1. The Hall–Kier alpha value is -1.56. The van der Waals surface area contributed by atoms with Crippen LogP contribution in [0.1, 0.15) is 29.0 Å². The maximum absolute atomic E-state index is 12.4. The van der Waals surface area contributed by atoms with E-state index in [0.717, 1.165) is 26.1 Å². The Kier molecular flexibility index (Phi) is 4.09. The Labute approximate surface area is 113 Å². The third-order valence-corrected chi connectivity index (χ3v) is 3.60. The molecule has 1 amide bonds. The second-order valence-corrected chi connectivity index (χ2v) is 5.24. The van der Waals surface area contributed by atoms with Gasteiger partial charge in [0.1, 0.15) is 5.69 Å². The normalized spacial score (nSPS) is 19.4. The van der Waals surface area contributed by atoms with Gasteiger partial charge in [-0.2, -0.15) is 5.10 Å². The van der Waals surface area contributed by atoms with Crippen LogP contribution in [0, 0.1) is 12.8 Å².